The van der Waals surface area contributed by atoms with E-state index in [4.69, 9.17) is 0 Å². The third-order valence-corrected chi connectivity index (χ3v) is 4.82. The maximum Gasteiger partial charge on any atom is 3.00 e. The van der Waals surface area contributed by atoms with E-state index in [1.807, 2.05) is 0 Å². The smallest absolute Gasteiger partial charge is 1.00 e. The molecule has 0 unspecified atom stereocenters. The van der Waals surface area contributed by atoms with Gasteiger partial charge in [0.1, 0.15) is 0 Å². The summed E-state index contributed by atoms with van der Waals surface area (Å²) in [6.45, 7) is 3.26. The van der Waals surface area contributed by atoms with E-state index in [1.165, 1.54) is 48.5 Å². The Morgan fingerprint density at radius 2 is 1.03 bits per heavy atom. The molecule has 3 aromatic rings. The Labute approximate surface area is 253 Å². The van der Waals surface area contributed by atoms with E-state index in [0.717, 1.165) is 0 Å². The molecule has 0 aliphatic heterocycles. The standard InChI is InChI=1S/C23H19N7O6.Bi.2ClH/c1-14(25-27-22(31)16-6-10-18(11-7-16)29(33)34)20-4-3-5-21(24-20)15(2)26-28-23(32)17-8-12-19(13-9-17)30(35)36;;;/h3-13H,1-2H3,(H,27,31)(H,28,32);;2*1H/q;+3;;/p-2/b25-14+,26-15+;;;. The van der Waals surface area contributed by atoms with Gasteiger partial charge in [-0.1, -0.05) is 6.07 Å². The molecular formula is C23H19BiCl2N7O6+. The molecule has 0 bridgehead atoms. The second kappa shape index (κ2) is 16.2. The van der Waals surface area contributed by atoms with Crippen LogP contribution in [0.5, 0.6) is 0 Å². The molecule has 0 aliphatic rings. The quantitative estimate of drug-likeness (QED) is 0.105. The first-order valence-electron chi connectivity index (χ1n) is 10.3. The monoisotopic (exact) mass is 768 g/mol. The second-order valence-corrected chi connectivity index (χ2v) is 7.29. The van der Waals surface area contributed by atoms with Crippen LogP contribution in [0.15, 0.2) is 76.9 Å². The van der Waals surface area contributed by atoms with E-state index in [2.05, 4.69) is 26.0 Å². The van der Waals surface area contributed by atoms with Gasteiger partial charge in [-0.3, -0.25) is 29.8 Å². The number of non-ortho nitro benzene ring substituents is 2. The second-order valence-electron chi connectivity index (χ2n) is 7.29. The van der Waals surface area contributed by atoms with E-state index in [-0.39, 0.29) is 73.5 Å². The van der Waals surface area contributed by atoms with Crippen molar-refractivity contribution in [3.63, 3.8) is 0 Å². The number of nitrogens with zero attached hydrogens (tertiary/aromatic N) is 5. The summed E-state index contributed by atoms with van der Waals surface area (Å²) in [6.07, 6.45) is 0. The SMILES string of the molecule is C/C(=N\NC(=O)c1ccc([N+](=O)[O-])cc1)c1cccc(/C(C)=N/NC(=O)c2ccc([N+](=O)[O-])cc2)n1.[Bi+3].[Cl-].[Cl-]. The van der Waals surface area contributed by atoms with Crippen LogP contribution in [-0.4, -0.2) is 64.3 Å². The molecule has 200 valence electrons. The average Bonchev–Trinajstić information content (AvgIpc) is 2.90. The van der Waals surface area contributed by atoms with Gasteiger partial charge in [0, 0.05) is 35.4 Å². The Kier molecular flexibility index (Phi) is 14.6. The number of carbonyl (C=O) groups is 2. The van der Waals surface area contributed by atoms with Crippen LogP contribution in [0.2, 0.25) is 0 Å². The predicted molar refractivity (Wildman–Crippen MR) is 136 cm³/mol. The maximum atomic E-state index is 12.3. The minimum atomic E-state index is -0.560. The van der Waals surface area contributed by atoms with Crippen LogP contribution in [0, 0.1) is 20.2 Å². The first-order chi connectivity index (χ1) is 17.2. The Morgan fingerprint density at radius 3 is 1.33 bits per heavy atom. The van der Waals surface area contributed by atoms with Gasteiger partial charge in [0.15, 0.2) is 0 Å². The number of hydrazone groups is 2. The van der Waals surface area contributed by atoms with Crippen LogP contribution in [0.3, 0.4) is 0 Å². The summed E-state index contributed by atoms with van der Waals surface area (Å²) < 4.78 is 0. The molecule has 2 amide bonds. The molecule has 39 heavy (non-hydrogen) atoms. The molecule has 1 heterocycles. The van der Waals surface area contributed by atoms with Crippen LogP contribution in [-0.2, 0) is 0 Å². The van der Waals surface area contributed by atoms with Crippen molar-refractivity contribution in [3.05, 3.63) is 109 Å². The molecule has 0 aliphatic carbocycles. The number of carbonyl (C=O) groups excluding carboxylic acids is 2. The fraction of sp³-hybridized carbons (Fsp3) is 0.0870. The first kappa shape index (κ1) is 35.1. The van der Waals surface area contributed by atoms with Gasteiger partial charge in [0.05, 0.1) is 32.7 Å². The van der Waals surface area contributed by atoms with Gasteiger partial charge >= 0.3 is 26.2 Å². The van der Waals surface area contributed by atoms with Gasteiger partial charge in [0.2, 0.25) is 0 Å². The number of aromatic nitrogens is 1. The third-order valence-electron chi connectivity index (χ3n) is 4.82. The first-order valence-corrected chi connectivity index (χ1v) is 10.3. The fourth-order valence-electron chi connectivity index (χ4n) is 2.82. The van der Waals surface area contributed by atoms with Gasteiger partial charge in [-0.25, -0.2) is 15.8 Å². The number of nitro groups is 2. The number of benzene rings is 2. The summed E-state index contributed by atoms with van der Waals surface area (Å²) in [6, 6.07) is 15.2. The van der Waals surface area contributed by atoms with Gasteiger partial charge in [0.25, 0.3) is 23.2 Å². The molecule has 16 heteroatoms. The Bertz CT molecular complexity index is 1300. The predicted octanol–water partition coefficient (Wildman–Crippen LogP) is -3.17. The van der Waals surface area contributed by atoms with Crippen LogP contribution >= 0.6 is 0 Å². The topological polar surface area (TPSA) is 182 Å². The molecule has 2 N–H and O–H groups in total. The molecule has 0 saturated heterocycles. The van der Waals surface area contributed by atoms with E-state index in [9.17, 15) is 29.8 Å². The molecule has 0 saturated carbocycles. The number of halogens is 2. The number of pyridine rings is 1. The Hall–Kier alpha value is -3.87. The molecule has 3 rings (SSSR count). The van der Waals surface area contributed by atoms with Crippen LogP contribution in [0.1, 0.15) is 46.0 Å². The molecule has 2 aromatic carbocycles. The van der Waals surface area contributed by atoms with Crippen molar-refractivity contribution in [1.29, 1.82) is 0 Å². The van der Waals surface area contributed by atoms with Crippen molar-refractivity contribution >= 4 is 60.8 Å². The Balaban J connectivity index is 0.00000481. The van der Waals surface area contributed by atoms with Crippen molar-refractivity contribution in [2.75, 3.05) is 0 Å². The van der Waals surface area contributed by atoms with Crippen LogP contribution < -0.4 is 35.7 Å². The van der Waals surface area contributed by atoms with E-state index in [1.54, 1.807) is 32.0 Å². The summed E-state index contributed by atoms with van der Waals surface area (Å²) in [5.41, 5.74) is 6.53. The molecule has 2 radical (unpaired) electrons. The largest absolute Gasteiger partial charge is 3.00 e. The summed E-state index contributed by atoms with van der Waals surface area (Å²) in [7, 11) is 0. The summed E-state index contributed by atoms with van der Waals surface area (Å²) in [4.78, 5) is 49.3. The molecule has 0 spiro atoms. The minimum Gasteiger partial charge on any atom is -1.00 e. The van der Waals surface area contributed by atoms with E-state index in [0.29, 0.717) is 22.8 Å². The van der Waals surface area contributed by atoms with Crippen molar-refractivity contribution in [3.8, 4) is 0 Å². The average molecular weight is 769 g/mol. The normalized spacial score (nSPS) is 10.6. The van der Waals surface area contributed by atoms with E-state index < -0.39 is 21.7 Å². The molecule has 0 atom stereocenters. The number of rotatable bonds is 8. The van der Waals surface area contributed by atoms with Crippen molar-refractivity contribution in [2.24, 2.45) is 10.2 Å². The number of nitrogens with one attached hydrogen (secondary N) is 2. The maximum absolute atomic E-state index is 12.3. The number of nitro benzene ring substituents is 2. The molecule has 1 aromatic heterocycles. The van der Waals surface area contributed by atoms with Gasteiger partial charge < -0.3 is 24.8 Å². The fourth-order valence-corrected chi connectivity index (χ4v) is 2.82. The van der Waals surface area contributed by atoms with Crippen LogP contribution in [0.25, 0.3) is 0 Å². The number of amides is 2. The zero-order valence-corrected chi connectivity index (χ0v) is 25.2. The number of hydrogen-bond acceptors (Lipinski definition) is 9. The van der Waals surface area contributed by atoms with Gasteiger partial charge in [-0.2, -0.15) is 10.2 Å². The zero-order valence-electron chi connectivity index (χ0n) is 20.2. The van der Waals surface area contributed by atoms with Crippen LogP contribution in [0.4, 0.5) is 11.4 Å². The number of hydrogen-bond donors (Lipinski definition) is 2. The molecule has 0 fully saturated rings. The van der Waals surface area contributed by atoms with E-state index >= 15 is 0 Å². The van der Waals surface area contributed by atoms with Gasteiger partial charge in [-0.15, -0.1) is 0 Å². The molecular weight excluding hydrogens is 750 g/mol. The third kappa shape index (κ3) is 9.75. The minimum absolute atomic E-state index is 0. The summed E-state index contributed by atoms with van der Waals surface area (Å²) >= 11 is 0. The summed E-state index contributed by atoms with van der Waals surface area (Å²) in [5, 5.41) is 29.5. The van der Waals surface area contributed by atoms with Crippen molar-refractivity contribution in [1.82, 2.24) is 15.8 Å². The molecule has 13 nitrogen and oxygen atoms in total. The summed E-state index contributed by atoms with van der Waals surface area (Å²) in [5.74, 6) is -1.10. The zero-order chi connectivity index (χ0) is 26.2. The van der Waals surface area contributed by atoms with Gasteiger partial charge in [-0.05, 0) is 50.2 Å². The Morgan fingerprint density at radius 1 is 0.692 bits per heavy atom. The van der Waals surface area contributed by atoms with Crippen molar-refractivity contribution < 1.29 is 44.2 Å². The van der Waals surface area contributed by atoms with Crippen molar-refractivity contribution in [2.45, 2.75) is 13.8 Å².